The largest absolute Gasteiger partial charge is 0.411 e. The molecule has 1 aliphatic carbocycles. The van der Waals surface area contributed by atoms with Gasteiger partial charge >= 0.3 is 6.18 Å². The molecule has 0 amide bonds. The van der Waals surface area contributed by atoms with Crippen molar-refractivity contribution in [2.45, 2.75) is 51.2 Å². The van der Waals surface area contributed by atoms with Crippen molar-refractivity contribution in [3.8, 4) is 0 Å². The lowest BCUT2D eigenvalue weighted by atomic mass is 10.2. The second-order valence-electron chi connectivity index (χ2n) is 5.03. The molecular weight excluding hydrogens is 269 g/mol. The average molecular weight is 288 g/mol. The van der Waals surface area contributed by atoms with Crippen LogP contribution in [0.1, 0.15) is 38.7 Å². The van der Waals surface area contributed by atoms with E-state index in [1.54, 1.807) is 0 Å². The second kappa shape index (κ2) is 5.46. The fraction of sp³-hybridized carbons (Fsp3) is 0.692. The van der Waals surface area contributed by atoms with E-state index in [1.807, 2.05) is 13.8 Å². The van der Waals surface area contributed by atoms with Crippen molar-refractivity contribution in [1.29, 1.82) is 0 Å². The zero-order valence-electron chi connectivity index (χ0n) is 11.6. The van der Waals surface area contributed by atoms with Crippen LogP contribution < -0.4 is 10.6 Å². The quantitative estimate of drug-likeness (QED) is 0.842. The summed E-state index contributed by atoms with van der Waals surface area (Å²) in [6.07, 6.45) is -1.26. The maximum Gasteiger partial charge on any atom is 0.411 e. The predicted octanol–water partition coefficient (Wildman–Crippen LogP) is 3.37. The lowest BCUT2D eigenvalue weighted by Crippen LogP contribution is -2.39. The summed E-state index contributed by atoms with van der Waals surface area (Å²) in [6, 6.07) is 0. The summed E-state index contributed by atoms with van der Waals surface area (Å²) in [6.45, 7) is 4.63. The second-order valence-corrected chi connectivity index (χ2v) is 5.03. The van der Waals surface area contributed by atoms with Crippen molar-refractivity contribution < 1.29 is 13.2 Å². The summed E-state index contributed by atoms with van der Waals surface area (Å²) in [4.78, 5) is 8.11. The monoisotopic (exact) mass is 288 g/mol. The molecule has 2 rings (SSSR count). The Morgan fingerprint density at radius 1 is 1.20 bits per heavy atom. The third kappa shape index (κ3) is 2.81. The Balaban J connectivity index is 2.24. The van der Waals surface area contributed by atoms with Gasteiger partial charge < -0.3 is 10.6 Å². The fourth-order valence-corrected chi connectivity index (χ4v) is 2.08. The van der Waals surface area contributed by atoms with Gasteiger partial charge in [0.05, 0.1) is 0 Å². The molecule has 112 valence electrons. The van der Waals surface area contributed by atoms with E-state index >= 15 is 0 Å². The predicted molar refractivity (Wildman–Crippen MR) is 71.8 cm³/mol. The first kappa shape index (κ1) is 14.9. The first-order valence-electron chi connectivity index (χ1n) is 6.86. The normalized spacial score (nSPS) is 16.9. The van der Waals surface area contributed by atoms with Gasteiger partial charge in [0.25, 0.3) is 0 Å². The lowest BCUT2D eigenvalue weighted by Gasteiger charge is -2.23. The Bertz CT molecular complexity index is 469. The zero-order chi connectivity index (χ0) is 14.8. The number of nitrogens with zero attached hydrogens (tertiary/aromatic N) is 2. The molecule has 1 fully saturated rings. The number of hydrogen-bond acceptors (Lipinski definition) is 4. The highest BCUT2D eigenvalue weighted by molar-refractivity contribution is 5.59. The molecule has 7 heteroatoms. The number of aromatic nitrogens is 2. The van der Waals surface area contributed by atoms with Crippen LogP contribution in [0.3, 0.4) is 0 Å². The Kier molecular flexibility index (Phi) is 4.06. The van der Waals surface area contributed by atoms with Crippen LogP contribution in [0, 0.1) is 0 Å². The van der Waals surface area contributed by atoms with Crippen LogP contribution in [-0.2, 0) is 6.42 Å². The molecule has 0 unspecified atom stereocenters. The number of rotatable bonds is 6. The molecular formula is C13H19F3N4. The van der Waals surface area contributed by atoms with Crippen molar-refractivity contribution in [3.63, 3.8) is 0 Å². The molecule has 1 aliphatic rings. The van der Waals surface area contributed by atoms with E-state index in [9.17, 15) is 13.2 Å². The Morgan fingerprint density at radius 2 is 1.85 bits per heavy atom. The minimum absolute atomic E-state index is 0.0986. The van der Waals surface area contributed by atoms with E-state index in [0.717, 1.165) is 13.0 Å². The van der Waals surface area contributed by atoms with Crippen molar-refractivity contribution >= 4 is 11.6 Å². The summed E-state index contributed by atoms with van der Waals surface area (Å²) in [5, 5.41) is 5.72. The molecule has 1 aromatic rings. The van der Waals surface area contributed by atoms with Gasteiger partial charge in [-0.3, -0.25) is 0 Å². The maximum atomic E-state index is 13.0. The number of hydrogen-bond donors (Lipinski definition) is 2. The summed E-state index contributed by atoms with van der Waals surface area (Å²) in [7, 11) is 0. The molecule has 20 heavy (non-hydrogen) atoms. The Morgan fingerprint density at radius 3 is 2.35 bits per heavy atom. The molecule has 2 N–H and O–H groups in total. The topological polar surface area (TPSA) is 49.8 Å². The van der Waals surface area contributed by atoms with Gasteiger partial charge in [-0.15, -0.1) is 0 Å². The first-order chi connectivity index (χ1) is 9.43. The van der Waals surface area contributed by atoms with Gasteiger partial charge in [0.2, 0.25) is 0 Å². The first-order valence-corrected chi connectivity index (χ1v) is 6.86. The third-order valence-electron chi connectivity index (χ3n) is 3.49. The number of alkyl halides is 3. The summed E-state index contributed by atoms with van der Waals surface area (Å²) < 4.78 is 39.0. The van der Waals surface area contributed by atoms with Crippen LogP contribution in [0.15, 0.2) is 6.33 Å². The van der Waals surface area contributed by atoms with E-state index in [0.29, 0.717) is 17.8 Å². The van der Waals surface area contributed by atoms with Crippen LogP contribution in [0.2, 0.25) is 0 Å². The Hall–Kier alpha value is -1.53. The minimum Gasteiger partial charge on any atom is -0.370 e. The third-order valence-corrected chi connectivity index (χ3v) is 3.49. The molecule has 0 aromatic carbocycles. The van der Waals surface area contributed by atoms with Gasteiger partial charge in [0.15, 0.2) is 0 Å². The molecule has 1 aromatic heterocycles. The molecule has 0 atom stereocenters. The lowest BCUT2D eigenvalue weighted by molar-refractivity contribution is -0.151. The number of halogens is 3. The SMILES string of the molecule is CCCNc1ncnc(NC2(C(F)(F)F)CC2)c1CC. The Labute approximate surface area is 116 Å². The van der Waals surface area contributed by atoms with E-state index in [-0.39, 0.29) is 18.7 Å². The van der Waals surface area contributed by atoms with Crippen LogP contribution in [0.5, 0.6) is 0 Å². The molecule has 0 bridgehead atoms. The van der Waals surface area contributed by atoms with Crippen LogP contribution >= 0.6 is 0 Å². The van der Waals surface area contributed by atoms with E-state index in [2.05, 4.69) is 20.6 Å². The van der Waals surface area contributed by atoms with Gasteiger partial charge in [-0.05, 0) is 25.7 Å². The number of anilines is 2. The van der Waals surface area contributed by atoms with Crippen molar-refractivity contribution in [1.82, 2.24) is 9.97 Å². The minimum atomic E-state index is -4.25. The van der Waals surface area contributed by atoms with Crippen molar-refractivity contribution in [3.05, 3.63) is 11.9 Å². The molecule has 1 heterocycles. The maximum absolute atomic E-state index is 13.0. The summed E-state index contributed by atoms with van der Waals surface area (Å²) in [5.41, 5.74) is -1.09. The van der Waals surface area contributed by atoms with Crippen molar-refractivity contribution in [2.24, 2.45) is 0 Å². The molecule has 0 radical (unpaired) electrons. The highest BCUT2D eigenvalue weighted by atomic mass is 19.4. The highest BCUT2D eigenvalue weighted by Gasteiger charge is 2.63. The highest BCUT2D eigenvalue weighted by Crippen LogP contribution is 2.51. The van der Waals surface area contributed by atoms with Crippen LogP contribution in [0.25, 0.3) is 0 Å². The standard InChI is InChI=1S/C13H19F3N4/c1-3-7-17-10-9(4-2)11(19-8-18-10)20-12(5-6-12)13(14,15)16/h8H,3-7H2,1-2H3,(H2,17,18,19,20). The van der Waals surface area contributed by atoms with Gasteiger partial charge in [-0.1, -0.05) is 13.8 Å². The van der Waals surface area contributed by atoms with E-state index in [4.69, 9.17) is 0 Å². The zero-order valence-corrected chi connectivity index (χ0v) is 11.6. The van der Waals surface area contributed by atoms with Crippen LogP contribution in [-0.4, -0.2) is 28.2 Å². The van der Waals surface area contributed by atoms with Gasteiger partial charge in [0, 0.05) is 12.1 Å². The van der Waals surface area contributed by atoms with E-state index in [1.165, 1.54) is 6.33 Å². The van der Waals surface area contributed by atoms with Crippen molar-refractivity contribution in [2.75, 3.05) is 17.2 Å². The summed E-state index contributed by atoms with van der Waals surface area (Å²) >= 11 is 0. The number of nitrogens with one attached hydrogen (secondary N) is 2. The van der Waals surface area contributed by atoms with Gasteiger partial charge in [0.1, 0.15) is 23.5 Å². The van der Waals surface area contributed by atoms with Crippen LogP contribution in [0.4, 0.5) is 24.8 Å². The van der Waals surface area contributed by atoms with Gasteiger partial charge in [-0.2, -0.15) is 13.2 Å². The summed E-state index contributed by atoms with van der Waals surface area (Å²) in [5.74, 6) is 0.903. The average Bonchev–Trinajstić information content (AvgIpc) is 3.17. The van der Waals surface area contributed by atoms with E-state index < -0.39 is 11.7 Å². The molecule has 0 saturated heterocycles. The molecule has 0 aliphatic heterocycles. The molecule has 0 spiro atoms. The molecule has 4 nitrogen and oxygen atoms in total. The molecule has 1 saturated carbocycles. The fourth-order valence-electron chi connectivity index (χ4n) is 2.08. The smallest absolute Gasteiger partial charge is 0.370 e. The van der Waals surface area contributed by atoms with Gasteiger partial charge in [-0.25, -0.2) is 9.97 Å².